The van der Waals surface area contributed by atoms with Crippen molar-refractivity contribution in [3.05, 3.63) is 59.1 Å². The molecule has 1 amide bonds. The van der Waals surface area contributed by atoms with Gasteiger partial charge in [-0.3, -0.25) is 4.79 Å². The minimum absolute atomic E-state index is 0.159. The van der Waals surface area contributed by atoms with Crippen LogP contribution in [-0.4, -0.2) is 56.3 Å². The van der Waals surface area contributed by atoms with Crippen LogP contribution >= 0.6 is 11.6 Å². The first-order chi connectivity index (χ1) is 14.9. The molecule has 0 radical (unpaired) electrons. The average Bonchev–Trinajstić information content (AvgIpc) is 3.32. The summed E-state index contributed by atoms with van der Waals surface area (Å²) in [7, 11) is -3.56. The molecule has 8 heteroatoms. The van der Waals surface area contributed by atoms with Crippen molar-refractivity contribution in [2.75, 3.05) is 38.0 Å². The molecule has 0 bridgehead atoms. The lowest BCUT2D eigenvalue weighted by Crippen LogP contribution is -2.30. The van der Waals surface area contributed by atoms with Crippen molar-refractivity contribution in [1.29, 1.82) is 0 Å². The first-order valence-corrected chi connectivity index (χ1v) is 12.6. The second-order valence-electron chi connectivity index (χ2n) is 7.72. The summed E-state index contributed by atoms with van der Waals surface area (Å²) in [5.41, 5.74) is 1.60. The number of nitrogens with zero attached hydrogens (tertiary/aromatic N) is 2. The summed E-state index contributed by atoms with van der Waals surface area (Å²) in [6.07, 6.45) is 2.98. The standard InChI is InChI=1S/C23H30ClN3O3S/c1-2-26(16-12-19-8-4-3-5-9-19)17-13-23(28)25-22-18-20(10-11-21(22)24)31(29,30)27-14-6-7-15-27/h3-5,8-11,18H,2,6-7,12-17H2,1H3,(H,25,28). The largest absolute Gasteiger partial charge is 0.325 e. The number of carbonyl (C=O) groups is 1. The van der Waals surface area contributed by atoms with E-state index in [0.717, 1.165) is 32.4 Å². The summed E-state index contributed by atoms with van der Waals surface area (Å²) in [5, 5.41) is 3.11. The van der Waals surface area contributed by atoms with Crippen LogP contribution in [0.5, 0.6) is 0 Å². The molecular formula is C23H30ClN3O3S. The van der Waals surface area contributed by atoms with Gasteiger partial charge in [-0.05, 0) is 49.6 Å². The molecule has 0 atom stereocenters. The molecule has 31 heavy (non-hydrogen) atoms. The first kappa shape index (κ1) is 23.7. The zero-order valence-electron chi connectivity index (χ0n) is 17.9. The van der Waals surface area contributed by atoms with Crippen LogP contribution in [0.15, 0.2) is 53.4 Å². The predicted octanol–water partition coefficient (Wildman–Crippen LogP) is 4.02. The molecule has 3 rings (SSSR count). The lowest BCUT2D eigenvalue weighted by Gasteiger charge is -2.20. The third-order valence-electron chi connectivity index (χ3n) is 5.58. The van der Waals surface area contributed by atoms with Crippen molar-refractivity contribution in [1.82, 2.24) is 9.21 Å². The minimum Gasteiger partial charge on any atom is -0.325 e. The lowest BCUT2D eigenvalue weighted by atomic mass is 10.1. The number of benzene rings is 2. The van der Waals surface area contributed by atoms with Crippen molar-refractivity contribution in [3.8, 4) is 0 Å². The topological polar surface area (TPSA) is 69.7 Å². The van der Waals surface area contributed by atoms with Gasteiger partial charge >= 0.3 is 0 Å². The third kappa shape index (κ3) is 6.53. The second kappa shape index (κ2) is 11.1. The van der Waals surface area contributed by atoms with Gasteiger partial charge in [-0.15, -0.1) is 0 Å². The highest BCUT2D eigenvalue weighted by Gasteiger charge is 2.27. The zero-order valence-corrected chi connectivity index (χ0v) is 19.5. The van der Waals surface area contributed by atoms with Gasteiger partial charge in [-0.2, -0.15) is 4.31 Å². The molecule has 2 aromatic carbocycles. The van der Waals surface area contributed by atoms with Gasteiger partial charge in [0.05, 0.1) is 15.6 Å². The number of likely N-dealkylation sites (N-methyl/N-ethyl adjacent to an activating group) is 1. The Hall–Kier alpha value is -1.93. The molecule has 1 fully saturated rings. The first-order valence-electron chi connectivity index (χ1n) is 10.8. The van der Waals surface area contributed by atoms with E-state index in [1.165, 1.54) is 28.1 Å². The van der Waals surface area contributed by atoms with Crippen LogP contribution < -0.4 is 5.32 Å². The summed E-state index contributed by atoms with van der Waals surface area (Å²) in [6.45, 7) is 5.48. The van der Waals surface area contributed by atoms with Crippen LogP contribution in [0, 0.1) is 0 Å². The maximum absolute atomic E-state index is 12.8. The number of amides is 1. The Balaban J connectivity index is 1.57. The number of nitrogens with one attached hydrogen (secondary N) is 1. The van der Waals surface area contributed by atoms with Gasteiger partial charge in [-0.1, -0.05) is 48.9 Å². The molecular weight excluding hydrogens is 434 g/mol. The Kier molecular flexibility index (Phi) is 8.49. The summed E-state index contributed by atoms with van der Waals surface area (Å²) >= 11 is 6.22. The monoisotopic (exact) mass is 463 g/mol. The minimum atomic E-state index is -3.56. The zero-order chi connectivity index (χ0) is 22.3. The summed E-state index contributed by atoms with van der Waals surface area (Å²) in [4.78, 5) is 14.9. The molecule has 0 spiro atoms. The number of carbonyl (C=O) groups excluding carboxylic acids is 1. The molecule has 1 saturated heterocycles. The Morgan fingerprint density at radius 1 is 1.10 bits per heavy atom. The van der Waals surface area contributed by atoms with Crippen LogP contribution in [-0.2, 0) is 21.2 Å². The highest BCUT2D eigenvalue weighted by Crippen LogP contribution is 2.28. The van der Waals surface area contributed by atoms with Crippen molar-refractivity contribution in [2.24, 2.45) is 0 Å². The number of anilines is 1. The molecule has 1 aliphatic rings. The van der Waals surface area contributed by atoms with Crippen LogP contribution in [0.25, 0.3) is 0 Å². The van der Waals surface area contributed by atoms with Gasteiger partial charge in [0.1, 0.15) is 0 Å². The third-order valence-corrected chi connectivity index (χ3v) is 7.80. The molecule has 2 aromatic rings. The molecule has 6 nitrogen and oxygen atoms in total. The molecule has 0 aromatic heterocycles. The lowest BCUT2D eigenvalue weighted by molar-refractivity contribution is -0.116. The highest BCUT2D eigenvalue weighted by molar-refractivity contribution is 7.89. The smallest absolute Gasteiger partial charge is 0.243 e. The van der Waals surface area contributed by atoms with Crippen LogP contribution in [0.2, 0.25) is 5.02 Å². The highest BCUT2D eigenvalue weighted by atomic mass is 35.5. The van der Waals surface area contributed by atoms with Crippen LogP contribution in [0.4, 0.5) is 5.69 Å². The predicted molar refractivity (Wildman–Crippen MR) is 125 cm³/mol. The Morgan fingerprint density at radius 2 is 1.81 bits per heavy atom. The fraction of sp³-hybridized carbons (Fsp3) is 0.435. The average molecular weight is 464 g/mol. The van der Waals surface area contributed by atoms with Crippen molar-refractivity contribution in [2.45, 2.75) is 37.5 Å². The Morgan fingerprint density at radius 3 is 2.48 bits per heavy atom. The molecule has 1 aliphatic heterocycles. The van der Waals surface area contributed by atoms with Crippen molar-refractivity contribution < 1.29 is 13.2 Å². The van der Waals surface area contributed by atoms with Gasteiger partial charge in [0.15, 0.2) is 0 Å². The molecule has 0 saturated carbocycles. The molecule has 0 unspecified atom stereocenters. The quantitative estimate of drug-likeness (QED) is 0.577. The fourth-order valence-corrected chi connectivity index (χ4v) is 5.38. The molecule has 168 valence electrons. The van der Waals surface area contributed by atoms with E-state index >= 15 is 0 Å². The van der Waals surface area contributed by atoms with E-state index in [0.29, 0.717) is 36.8 Å². The number of hydrogen-bond donors (Lipinski definition) is 1. The molecule has 1 N–H and O–H groups in total. The van der Waals surface area contributed by atoms with E-state index in [1.54, 1.807) is 0 Å². The van der Waals surface area contributed by atoms with Gasteiger partial charge in [0.2, 0.25) is 15.9 Å². The van der Waals surface area contributed by atoms with Crippen LogP contribution in [0.3, 0.4) is 0 Å². The van der Waals surface area contributed by atoms with Gasteiger partial charge in [0, 0.05) is 32.6 Å². The SMILES string of the molecule is CCN(CCC(=O)Nc1cc(S(=O)(=O)N2CCCC2)ccc1Cl)CCc1ccccc1. The maximum Gasteiger partial charge on any atom is 0.243 e. The summed E-state index contributed by atoms with van der Waals surface area (Å²) in [5.74, 6) is -0.184. The van der Waals surface area contributed by atoms with E-state index in [-0.39, 0.29) is 10.8 Å². The number of sulfonamides is 1. The summed E-state index contributed by atoms with van der Waals surface area (Å²) in [6, 6.07) is 14.7. The number of hydrogen-bond acceptors (Lipinski definition) is 4. The van der Waals surface area contributed by atoms with E-state index < -0.39 is 10.0 Å². The molecule has 0 aliphatic carbocycles. The summed E-state index contributed by atoms with van der Waals surface area (Å²) < 4.78 is 27.1. The Bertz CT molecular complexity index is 977. The van der Waals surface area contributed by atoms with Gasteiger partial charge in [-0.25, -0.2) is 8.42 Å². The Labute approximate surface area is 190 Å². The van der Waals surface area contributed by atoms with Crippen LogP contribution in [0.1, 0.15) is 31.7 Å². The van der Waals surface area contributed by atoms with Gasteiger partial charge < -0.3 is 10.2 Å². The second-order valence-corrected chi connectivity index (χ2v) is 10.1. The van der Waals surface area contributed by atoms with E-state index in [2.05, 4.69) is 29.3 Å². The van der Waals surface area contributed by atoms with E-state index in [9.17, 15) is 13.2 Å². The number of rotatable bonds is 10. The number of halogens is 1. The van der Waals surface area contributed by atoms with Crippen molar-refractivity contribution >= 4 is 33.2 Å². The van der Waals surface area contributed by atoms with Gasteiger partial charge in [0.25, 0.3) is 0 Å². The fourth-order valence-electron chi connectivity index (χ4n) is 3.67. The van der Waals surface area contributed by atoms with E-state index in [4.69, 9.17) is 11.6 Å². The van der Waals surface area contributed by atoms with Crippen molar-refractivity contribution in [3.63, 3.8) is 0 Å². The molecule has 1 heterocycles. The van der Waals surface area contributed by atoms with E-state index in [1.807, 2.05) is 18.2 Å². The normalized spacial score (nSPS) is 14.8. The maximum atomic E-state index is 12.8.